The minimum absolute atomic E-state index is 0.851. The van der Waals surface area contributed by atoms with Gasteiger partial charge in [-0.25, -0.2) is 4.98 Å². The quantitative estimate of drug-likeness (QED) is 0.751. The Morgan fingerprint density at radius 3 is 3.25 bits per heavy atom. The highest BCUT2D eigenvalue weighted by Gasteiger charge is 2.16. The van der Waals surface area contributed by atoms with Gasteiger partial charge in [-0.05, 0) is 38.8 Å². The Kier molecular flexibility index (Phi) is 2.42. The van der Waals surface area contributed by atoms with E-state index >= 15 is 0 Å². The SMILES string of the molecule is Cc1ncsc1CC1CCNC1. The molecule has 1 N–H and O–H groups in total. The lowest BCUT2D eigenvalue weighted by Crippen LogP contribution is -2.10. The maximum atomic E-state index is 4.26. The summed E-state index contributed by atoms with van der Waals surface area (Å²) in [7, 11) is 0. The van der Waals surface area contributed by atoms with Crippen molar-refractivity contribution in [2.75, 3.05) is 13.1 Å². The van der Waals surface area contributed by atoms with Crippen LogP contribution >= 0.6 is 11.3 Å². The first kappa shape index (κ1) is 8.20. The zero-order valence-electron chi connectivity index (χ0n) is 7.34. The fourth-order valence-corrected chi connectivity index (χ4v) is 2.57. The molecule has 0 amide bonds. The summed E-state index contributed by atoms with van der Waals surface area (Å²) in [6, 6.07) is 0. The summed E-state index contributed by atoms with van der Waals surface area (Å²) in [4.78, 5) is 5.73. The number of hydrogen-bond donors (Lipinski definition) is 1. The van der Waals surface area contributed by atoms with Crippen molar-refractivity contribution in [3.05, 3.63) is 16.1 Å². The lowest BCUT2D eigenvalue weighted by Gasteiger charge is -2.05. The molecule has 0 saturated carbocycles. The van der Waals surface area contributed by atoms with Gasteiger partial charge in [0.2, 0.25) is 0 Å². The number of aromatic nitrogens is 1. The van der Waals surface area contributed by atoms with Crippen LogP contribution < -0.4 is 5.32 Å². The summed E-state index contributed by atoms with van der Waals surface area (Å²) in [5, 5.41) is 3.39. The number of rotatable bonds is 2. The molecule has 0 aliphatic carbocycles. The van der Waals surface area contributed by atoms with Crippen LogP contribution in [0.2, 0.25) is 0 Å². The van der Waals surface area contributed by atoms with Crippen LogP contribution in [0.5, 0.6) is 0 Å². The molecular weight excluding hydrogens is 168 g/mol. The van der Waals surface area contributed by atoms with Gasteiger partial charge < -0.3 is 5.32 Å². The van der Waals surface area contributed by atoms with Gasteiger partial charge >= 0.3 is 0 Å². The number of nitrogens with one attached hydrogen (secondary N) is 1. The van der Waals surface area contributed by atoms with Gasteiger partial charge in [0.1, 0.15) is 0 Å². The molecule has 2 heterocycles. The number of aryl methyl sites for hydroxylation is 1. The average Bonchev–Trinajstić information content (AvgIpc) is 2.65. The van der Waals surface area contributed by atoms with Crippen LogP contribution in [-0.2, 0) is 6.42 Å². The molecule has 1 atom stereocenters. The standard InChI is InChI=1S/C9H14N2S/c1-7-9(12-6-11-7)4-8-2-3-10-5-8/h6,8,10H,2-5H2,1H3. The van der Waals surface area contributed by atoms with Crippen molar-refractivity contribution in [3.8, 4) is 0 Å². The van der Waals surface area contributed by atoms with Crippen molar-refractivity contribution in [2.45, 2.75) is 19.8 Å². The van der Waals surface area contributed by atoms with Gasteiger partial charge in [-0.3, -0.25) is 0 Å². The molecule has 66 valence electrons. The zero-order chi connectivity index (χ0) is 8.39. The Hall–Kier alpha value is -0.410. The van der Waals surface area contributed by atoms with Gasteiger partial charge in [0.05, 0.1) is 11.2 Å². The first-order chi connectivity index (χ1) is 5.86. The van der Waals surface area contributed by atoms with Crippen LogP contribution in [0.4, 0.5) is 0 Å². The molecule has 1 aromatic rings. The Morgan fingerprint density at radius 1 is 1.75 bits per heavy atom. The molecule has 1 fully saturated rings. The van der Waals surface area contributed by atoms with Crippen molar-refractivity contribution >= 4 is 11.3 Å². The third kappa shape index (κ3) is 1.67. The molecule has 1 aromatic heterocycles. The van der Waals surface area contributed by atoms with Gasteiger partial charge in [-0.2, -0.15) is 0 Å². The highest BCUT2D eigenvalue weighted by molar-refractivity contribution is 7.09. The second kappa shape index (κ2) is 3.54. The molecule has 1 unspecified atom stereocenters. The van der Waals surface area contributed by atoms with E-state index < -0.39 is 0 Å². The summed E-state index contributed by atoms with van der Waals surface area (Å²) in [6.07, 6.45) is 2.56. The largest absolute Gasteiger partial charge is 0.316 e. The van der Waals surface area contributed by atoms with Crippen LogP contribution in [0.15, 0.2) is 5.51 Å². The van der Waals surface area contributed by atoms with Crippen molar-refractivity contribution in [1.29, 1.82) is 0 Å². The molecule has 0 bridgehead atoms. The number of nitrogens with zero attached hydrogens (tertiary/aromatic N) is 1. The highest BCUT2D eigenvalue weighted by Crippen LogP contribution is 2.20. The fraction of sp³-hybridized carbons (Fsp3) is 0.667. The summed E-state index contributed by atoms with van der Waals surface area (Å²) in [5.41, 5.74) is 3.18. The normalized spacial score (nSPS) is 23.2. The molecule has 0 spiro atoms. The van der Waals surface area contributed by atoms with E-state index in [2.05, 4.69) is 17.2 Å². The first-order valence-electron chi connectivity index (χ1n) is 4.46. The van der Waals surface area contributed by atoms with Gasteiger partial charge in [-0.1, -0.05) is 0 Å². The second-order valence-corrected chi connectivity index (χ2v) is 4.36. The van der Waals surface area contributed by atoms with Crippen LogP contribution in [0, 0.1) is 12.8 Å². The molecule has 0 aromatic carbocycles. The summed E-state index contributed by atoms with van der Waals surface area (Å²) in [5.74, 6) is 0.851. The minimum atomic E-state index is 0.851. The van der Waals surface area contributed by atoms with Gasteiger partial charge in [0, 0.05) is 4.88 Å². The van der Waals surface area contributed by atoms with Crippen molar-refractivity contribution in [3.63, 3.8) is 0 Å². The molecular formula is C9H14N2S. The maximum Gasteiger partial charge on any atom is 0.0797 e. The molecule has 3 heteroatoms. The summed E-state index contributed by atoms with van der Waals surface area (Å²) in [6.45, 7) is 4.49. The lowest BCUT2D eigenvalue weighted by atomic mass is 10.0. The zero-order valence-corrected chi connectivity index (χ0v) is 8.16. The fourth-order valence-electron chi connectivity index (χ4n) is 1.67. The lowest BCUT2D eigenvalue weighted by molar-refractivity contribution is 0.583. The van der Waals surface area contributed by atoms with Crippen LogP contribution in [0.3, 0.4) is 0 Å². The molecule has 0 radical (unpaired) electrons. The van der Waals surface area contributed by atoms with E-state index in [1.54, 1.807) is 11.3 Å². The van der Waals surface area contributed by atoms with Crippen molar-refractivity contribution in [2.24, 2.45) is 5.92 Å². The van der Waals surface area contributed by atoms with Crippen LogP contribution in [0.1, 0.15) is 17.0 Å². The van der Waals surface area contributed by atoms with Crippen LogP contribution in [0.25, 0.3) is 0 Å². The minimum Gasteiger partial charge on any atom is -0.316 e. The van der Waals surface area contributed by atoms with E-state index in [9.17, 15) is 0 Å². The van der Waals surface area contributed by atoms with E-state index in [1.165, 1.54) is 36.5 Å². The summed E-state index contributed by atoms with van der Waals surface area (Å²) >= 11 is 1.80. The molecule has 2 nitrogen and oxygen atoms in total. The third-order valence-electron chi connectivity index (χ3n) is 2.48. The Labute approximate surface area is 77.0 Å². The van der Waals surface area contributed by atoms with E-state index in [-0.39, 0.29) is 0 Å². The maximum absolute atomic E-state index is 4.26. The Balaban J connectivity index is 1.98. The molecule has 1 saturated heterocycles. The number of hydrogen-bond acceptors (Lipinski definition) is 3. The topological polar surface area (TPSA) is 24.9 Å². The van der Waals surface area contributed by atoms with Gasteiger partial charge in [0.25, 0.3) is 0 Å². The predicted molar refractivity (Wildman–Crippen MR) is 51.5 cm³/mol. The highest BCUT2D eigenvalue weighted by atomic mass is 32.1. The molecule has 1 aliphatic rings. The molecule has 2 rings (SSSR count). The van der Waals surface area contributed by atoms with E-state index in [0.717, 1.165) is 5.92 Å². The van der Waals surface area contributed by atoms with Gasteiger partial charge in [-0.15, -0.1) is 11.3 Å². The van der Waals surface area contributed by atoms with Crippen molar-refractivity contribution < 1.29 is 0 Å². The Morgan fingerprint density at radius 2 is 2.67 bits per heavy atom. The van der Waals surface area contributed by atoms with E-state index in [0.29, 0.717) is 0 Å². The third-order valence-corrected chi connectivity index (χ3v) is 3.44. The van der Waals surface area contributed by atoms with Crippen LogP contribution in [-0.4, -0.2) is 18.1 Å². The smallest absolute Gasteiger partial charge is 0.0797 e. The van der Waals surface area contributed by atoms with E-state index in [4.69, 9.17) is 0 Å². The average molecular weight is 182 g/mol. The summed E-state index contributed by atoms with van der Waals surface area (Å²) < 4.78 is 0. The molecule has 12 heavy (non-hydrogen) atoms. The van der Waals surface area contributed by atoms with E-state index in [1.807, 2.05) is 5.51 Å². The van der Waals surface area contributed by atoms with Crippen molar-refractivity contribution in [1.82, 2.24) is 10.3 Å². The number of thiazole rings is 1. The predicted octanol–water partition coefficient (Wildman–Crippen LogP) is 1.60. The van der Waals surface area contributed by atoms with Gasteiger partial charge in [0.15, 0.2) is 0 Å². The second-order valence-electron chi connectivity index (χ2n) is 3.42. The first-order valence-corrected chi connectivity index (χ1v) is 5.34. The molecule has 1 aliphatic heterocycles. The Bertz CT molecular complexity index is 251. The monoisotopic (exact) mass is 182 g/mol.